The van der Waals surface area contributed by atoms with Gasteiger partial charge in [-0.2, -0.15) is 0 Å². The zero-order valence-electron chi connectivity index (χ0n) is 14.1. The van der Waals surface area contributed by atoms with Crippen LogP contribution in [0.15, 0.2) is 48.5 Å². The molecule has 1 heterocycles. The quantitative estimate of drug-likeness (QED) is 0.792. The Bertz CT molecular complexity index is 778. The van der Waals surface area contributed by atoms with Crippen molar-refractivity contribution < 1.29 is 19.1 Å². The van der Waals surface area contributed by atoms with E-state index in [0.717, 1.165) is 22.9 Å². The van der Waals surface area contributed by atoms with Gasteiger partial charge >= 0.3 is 0 Å². The van der Waals surface area contributed by atoms with E-state index in [2.05, 4.69) is 0 Å². The molecule has 5 nitrogen and oxygen atoms in total. The molecule has 1 saturated heterocycles. The first kappa shape index (κ1) is 17.4. The highest BCUT2D eigenvalue weighted by atomic mass is 32.2. The molecule has 1 fully saturated rings. The Balaban J connectivity index is 1.74. The van der Waals surface area contributed by atoms with Crippen molar-refractivity contribution in [1.29, 1.82) is 0 Å². The minimum Gasteiger partial charge on any atom is -0.497 e. The maximum atomic E-state index is 12.7. The SMILES string of the molecule is COc1ccc(C[C@H]2SC(=O)N(Cc3ccccc3)C2=O)c(OC)c1. The number of nitrogens with zero attached hydrogens (tertiary/aromatic N) is 1. The molecule has 0 N–H and O–H groups in total. The maximum absolute atomic E-state index is 12.7. The monoisotopic (exact) mass is 357 g/mol. The third-order valence-electron chi connectivity index (χ3n) is 4.09. The topological polar surface area (TPSA) is 55.8 Å². The van der Waals surface area contributed by atoms with Crippen LogP contribution in [-0.4, -0.2) is 35.5 Å². The Morgan fingerprint density at radius 3 is 2.48 bits per heavy atom. The van der Waals surface area contributed by atoms with Gasteiger partial charge in [-0.1, -0.05) is 48.2 Å². The lowest BCUT2D eigenvalue weighted by Crippen LogP contribution is -2.31. The maximum Gasteiger partial charge on any atom is 0.289 e. The third-order valence-corrected chi connectivity index (χ3v) is 5.16. The van der Waals surface area contributed by atoms with Crippen LogP contribution >= 0.6 is 11.8 Å². The van der Waals surface area contributed by atoms with Gasteiger partial charge in [0.2, 0.25) is 5.91 Å². The highest BCUT2D eigenvalue weighted by Gasteiger charge is 2.39. The number of imide groups is 1. The lowest BCUT2D eigenvalue weighted by molar-refractivity contribution is -0.127. The van der Waals surface area contributed by atoms with Crippen LogP contribution in [0.1, 0.15) is 11.1 Å². The number of hydrogen-bond acceptors (Lipinski definition) is 5. The molecule has 2 amide bonds. The lowest BCUT2D eigenvalue weighted by atomic mass is 10.1. The summed E-state index contributed by atoms with van der Waals surface area (Å²) in [6.45, 7) is 0.307. The number of hydrogen-bond donors (Lipinski definition) is 0. The summed E-state index contributed by atoms with van der Waals surface area (Å²) >= 11 is 1.08. The van der Waals surface area contributed by atoms with Crippen LogP contribution in [0, 0.1) is 0 Å². The van der Waals surface area contributed by atoms with Gasteiger partial charge in [0, 0.05) is 6.07 Å². The average Bonchev–Trinajstić information content (AvgIpc) is 2.90. The van der Waals surface area contributed by atoms with Gasteiger partial charge in [-0.3, -0.25) is 14.5 Å². The van der Waals surface area contributed by atoms with E-state index in [1.54, 1.807) is 20.3 Å². The van der Waals surface area contributed by atoms with E-state index in [9.17, 15) is 9.59 Å². The zero-order chi connectivity index (χ0) is 17.8. The van der Waals surface area contributed by atoms with E-state index >= 15 is 0 Å². The minimum atomic E-state index is -0.432. The fourth-order valence-electron chi connectivity index (χ4n) is 2.76. The molecular formula is C19H19NO4S. The predicted octanol–water partition coefficient (Wildman–Crippen LogP) is 3.51. The van der Waals surface area contributed by atoms with Gasteiger partial charge in [-0.05, 0) is 23.6 Å². The highest BCUT2D eigenvalue weighted by molar-refractivity contribution is 8.15. The molecule has 0 aliphatic carbocycles. The zero-order valence-corrected chi connectivity index (χ0v) is 14.9. The molecule has 0 spiro atoms. The highest BCUT2D eigenvalue weighted by Crippen LogP contribution is 2.34. The van der Waals surface area contributed by atoms with Crippen molar-refractivity contribution in [3.8, 4) is 11.5 Å². The van der Waals surface area contributed by atoms with Crippen LogP contribution in [0.5, 0.6) is 11.5 Å². The molecule has 1 atom stereocenters. The summed E-state index contributed by atoms with van der Waals surface area (Å²) in [6.07, 6.45) is 0.438. The Hall–Kier alpha value is -2.47. The molecule has 1 aliphatic heterocycles. The summed E-state index contributed by atoms with van der Waals surface area (Å²) < 4.78 is 10.6. The fourth-order valence-corrected chi connectivity index (χ4v) is 3.77. The molecule has 6 heteroatoms. The molecule has 0 bridgehead atoms. The van der Waals surface area contributed by atoms with E-state index < -0.39 is 5.25 Å². The van der Waals surface area contributed by atoms with Gasteiger partial charge in [0.05, 0.1) is 26.0 Å². The van der Waals surface area contributed by atoms with Crippen LogP contribution in [0.2, 0.25) is 0 Å². The van der Waals surface area contributed by atoms with Crippen molar-refractivity contribution in [1.82, 2.24) is 4.90 Å². The second-order valence-corrected chi connectivity index (χ2v) is 6.82. The standard InChI is InChI=1S/C19H19NO4S/c1-23-15-9-8-14(16(11-15)24-2)10-17-18(21)20(19(22)25-17)12-13-6-4-3-5-7-13/h3-9,11,17H,10,12H2,1-2H3/t17-/m1/s1. The number of carbonyl (C=O) groups excluding carboxylic acids is 2. The summed E-state index contributed by atoms with van der Waals surface area (Å²) in [5, 5.41) is -0.634. The van der Waals surface area contributed by atoms with Crippen LogP contribution in [-0.2, 0) is 17.8 Å². The lowest BCUT2D eigenvalue weighted by Gasteiger charge is -2.15. The van der Waals surface area contributed by atoms with E-state index in [1.807, 2.05) is 42.5 Å². The number of amides is 2. The molecule has 0 radical (unpaired) electrons. The minimum absolute atomic E-state index is 0.156. The average molecular weight is 357 g/mol. The van der Waals surface area contributed by atoms with Gasteiger partial charge in [0.25, 0.3) is 5.24 Å². The van der Waals surface area contributed by atoms with Crippen molar-refractivity contribution in [2.45, 2.75) is 18.2 Å². The predicted molar refractivity (Wildman–Crippen MR) is 97.0 cm³/mol. The largest absolute Gasteiger partial charge is 0.497 e. The number of rotatable bonds is 6. The van der Waals surface area contributed by atoms with Crippen LogP contribution < -0.4 is 9.47 Å². The number of ether oxygens (including phenoxy) is 2. The summed E-state index contributed by atoms with van der Waals surface area (Å²) in [4.78, 5) is 26.2. The molecule has 2 aromatic carbocycles. The Kier molecular flexibility index (Phi) is 5.28. The Morgan fingerprint density at radius 1 is 1.04 bits per heavy atom. The first-order valence-electron chi connectivity index (χ1n) is 7.89. The first-order chi connectivity index (χ1) is 12.1. The van der Waals surface area contributed by atoms with E-state index in [4.69, 9.17) is 9.47 Å². The molecule has 0 aromatic heterocycles. The molecule has 3 rings (SSSR count). The fraction of sp³-hybridized carbons (Fsp3) is 0.263. The van der Waals surface area contributed by atoms with Crippen molar-refractivity contribution in [3.63, 3.8) is 0 Å². The first-order valence-corrected chi connectivity index (χ1v) is 8.77. The second kappa shape index (κ2) is 7.61. The van der Waals surface area contributed by atoms with Crippen LogP contribution in [0.25, 0.3) is 0 Å². The summed E-state index contributed by atoms with van der Waals surface area (Å²) in [6, 6.07) is 15.0. The molecule has 25 heavy (non-hydrogen) atoms. The smallest absolute Gasteiger partial charge is 0.289 e. The summed E-state index contributed by atoms with van der Waals surface area (Å²) in [7, 11) is 3.17. The normalized spacial score (nSPS) is 17.0. The third kappa shape index (κ3) is 3.79. The Morgan fingerprint density at radius 2 is 1.80 bits per heavy atom. The van der Waals surface area contributed by atoms with Crippen molar-refractivity contribution in [2.24, 2.45) is 0 Å². The van der Waals surface area contributed by atoms with Crippen molar-refractivity contribution in [2.75, 3.05) is 14.2 Å². The van der Waals surface area contributed by atoms with Crippen molar-refractivity contribution in [3.05, 3.63) is 59.7 Å². The van der Waals surface area contributed by atoms with Crippen molar-refractivity contribution >= 4 is 22.9 Å². The Labute approximate surface area is 150 Å². The molecule has 0 unspecified atom stereocenters. The van der Waals surface area contributed by atoms with Gasteiger partial charge in [0.15, 0.2) is 0 Å². The van der Waals surface area contributed by atoms with Crippen LogP contribution in [0.4, 0.5) is 4.79 Å². The van der Waals surface area contributed by atoms with Gasteiger partial charge < -0.3 is 9.47 Å². The number of methoxy groups -OCH3 is 2. The number of carbonyl (C=O) groups is 2. The van der Waals surface area contributed by atoms with E-state index in [0.29, 0.717) is 24.5 Å². The number of thioether (sulfide) groups is 1. The van der Waals surface area contributed by atoms with Gasteiger partial charge in [-0.15, -0.1) is 0 Å². The molecular weight excluding hydrogens is 338 g/mol. The molecule has 130 valence electrons. The van der Waals surface area contributed by atoms with E-state index in [1.165, 1.54) is 4.90 Å². The van der Waals surface area contributed by atoms with Gasteiger partial charge in [-0.25, -0.2) is 0 Å². The van der Waals surface area contributed by atoms with Crippen LogP contribution in [0.3, 0.4) is 0 Å². The van der Waals surface area contributed by atoms with E-state index in [-0.39, 0.29) is 11.1 Å². The van der Waals surface area contributed by atoms with Gasteiger partial charge in [0.1, 0.15) is 11.5 Å². The second-order valence-electron chi connectivity index (χ2n) is 5.66. The number of benzene rings is 2. The molecule has 0 saturated carbocycles. The molecule has 1 aliphatic rings. The summed E-state index contributed by atoms with van der Waals surface area (Å²) in [5.74, 6) is 1.19. The molecule has 2 aromatic rings. The summed E-state index contributed by atoms with van der Waals surface area (Å²) in [5.41, 5.74) is 1.82.